The number of urea groups is 1. The zero-order valence-electron chi connectivity index (χ0n) is 9.70. The smallest absolute Gasteiger partial charge is 0.329 e. The highest BCUT2D eigenvalue weighted by atomic mass is 19.3. The molecule has 94 valence electrons. The molecule has 0 aromatic heterocycles. The summed E-state index contributed by atoms with van der Waals surface area (Å²) in [4.78, 5) is 24.1. The maximum Gasteiger partial charge on any atom is 0.329 e. The summed E-state index contributed by atoms with van der Waals surface area (Å²) in [6, 6.07) is -0.757. The van der Waals surface area contributed by atoms with Crippen molar-refractivity contribution in [3.63, 3.8) is 0 Å². The normalized spacial score (nSPS) is 11.4. The average molecular weight is 238 g/mol. The highest BCUT2D eigenvalue weighted by Gasteiger charge is 2.36. The summed E-state index contributed by atoms with van der Waals surface area (Å²) in [5, 5.41) is 8.86. The molecule has 0 spiro atoms. The summed E-state index contributed by atoms with van der Waals surface area (Å²) in [7, 11) is 2.46. The molecule has 7 heteroatoms. The lowest BCUT2D eigenvalue weighted by Crippen LogP contribution is -2.54. The van der Waals surface area contributed by atoms with Gasteiger partial charge in [-0.05, 0) is 13.8 Å². The molecular weight excluding hydrogens is 222 g/mol. The van der Waals surface area contributed by atoms with E-state index in [2.05, 4.69) is 0 Å². The third-order valence-corrected chi connectivity index (χ3v) is 2.39. The van der Waals surface area contributed by atoms with E-state index in [9.17, 15) is 18.4 Å². The van der Waals surface area contributed by atoms with Gasteiger partial charge in [0.25, 0.3) is 6.43 Å². The van der Waals surface area contributed by atoms with Crippen LogP contribution in [0.25, 0.3) is 0 Å². The van der Waals surface area contributed by atoms with Crippen molar-refractivity contribution in [2.45, 2.75) is 25.8 Å². The van der Waals surface area contributed by atoms with Crippen molar-refractivity contribution >= 4 is 12.0 Å². The zero-order chi connectivity index (χ0) is 13.1. The monoisotopic (exact) mass is 238 g/mol. The van der Waals surface area contributed by atoms with E-state index in [-0.39, 0.29) is 0 Å². The summed E-state index contributed by atoms with van der Waals surface area (Å²) in [5.74, 6) is -1.20. The minimum absolute atomic E-state index is 0.723. The van der Waals surface area contributed by atoms with Gasteiger partial charge in [-0.2, -0.15) is 0 Å². The highest BCUT2D eigenvalue weighted by Crippen LogP contribution is 2.14. The fourth-order valence-electron chi connectivity index (χ4n) is 0.924. The molecule has 0 aliphatic carbocycles. The van der Waals surface area contributed by atoms with Crippen molar-refractivity contribution in [3.8, 4) is 0 Å². The molecule has 0 fully saturated rings. The Hall–Kier alpha value is -1.40. The lowest BCUT2D eigenvalue weighted by atomic mass is 10.0. The van der Waals surface area contributed by atoms with E-state index >= 15 is 0 Å². The maximum absolute atomic E-state index is 12.0. The van der Waals surface area contributed by atoms with Crippen molar-refractivity contribution in [1.82, 2.24) is 9.80 Å². The fourth-order valence-corrected chi connectivity index (χ4v) is 0.924. The Kier molecular flexibility index (Phi) is 4.64. The van der Waals surface area contributed by atoms with Crippen LogP contribution in [0.1, 0.15) is 13.8 Å². The second-order valence-electron chi connectivity index (χ2n) is 3.98. The van der Waals surface area contributed by atoms with Crippen LogP contribution in [-0.2, 0) is 4.79 Å². The Morgan fingerprint density at radius 2 is 1.75 bits per heavy atom. The highest BCUT2D eigenvalue weighted by molar-refractivity contribution is 5.85. The van der Waals surface area contributed by atoms with Crippen molar-refractivity contribution in [2.24, 2.45) is 0 Å². The fraction of sp³-hybridized carbons (Fsp3) is 0.778. The number of hydrogen-bond acceptors (Lipinski definition) is 2. The third kappa shape index (κ3) is 3.32. The molecule has 0 aromatic rings. The first-order valence-corrected chi connectivity index (χ1v) is 4.61. The molecule has 0 heterocycles. The Bertz CT molecular complexity index is 282. The van der Waals surface area contributed by atoms with Gasteiger partial charge in [0.1, 0.15) is 5.54 Å². The number of carboxylic acid groups (broad SMARTS) is 1. The van der Waals surface area contributed by atoms with E-state index in [1.165, 1.54) is 27.9 Å². The minimum atomic E-state index is -2.64. The minimum Gasteiger partial charge on any atom is -0.480 e. The van der Waals surface area contributed by atoms with Crippen LogP contribution in [0.4, 0.5) is 13.6 Å². The molecule has 0 saturated carbocycles. The second-order valence-corrected chi connectivity index (χ2v) is 3.98. The van der Waals surface area contributed by atoms with Crippen LogP contribution in [0.3, 0.4) is 0 Å². The van der Waals surface area contributed by atoms with Crippen molar-refractivity contribution < 1.29 is 23.5 Å². The van der Waals surface area contributed by atoms with Crippen LogP contribution in [0.5, 0.6) is 0 Å². The van der Waals surface area contributed by atoms with E-state index in [1.807, 2.05) is 0 Å². The van der Waals surface area contributed by atoms with Gasteiger partial charge in [0, 0.05) is 14.1 Å². The summed E-state index contributed by atoms with van der Waals surface area (Å²) >= 11 is 0. The van der Waals surface area contributed by atoms with Crippen LogP contribution in [0.2, 0.25) is 0 Å². The molecule has 0 saturated heterocycles. The molecule has 0 radical (unpaired) electrons. The number of aliphatic carboxylic acids is 1. The number of alkyl halides is 2. The number of carbonyl (C=O) groups is 2. The number of likely N-dealkylation sites (N-methyl/N-ethyl adjacent to an activating group) is 1. The molecule has 0 unspecified atom stereocenters. The zero-order valence-corrected chi connectivity index (χ0v) is 9.70. The largest absolute Gasteiger partial charge is 0.480 e. The van der Waals surface area contributed by atoms with Gasteiger partial charge in [-0.25, -0.2) is 18.4 Å². The Balaban J connectivity index is 4.67. The van der Waals surface area contributed by atoms with Crippen LogP contribution in [0, 0.1) is 0 Å². The predicted molar refractivity (Wildman–Crippen MR) is 53.5 cm³/mol. The van der Waals surface area contributed by atoms with Crippen LogP contribution < -0.4 is 0 Å². The molecule has 0 aromatic carbocycles. The van der Waals surface area contributed by atoms with Gasteiger partial charge in [0.2, 0.25) is 0 Å². The molecule has 0 aliphatic heterocycles. The number of carboxylic acids is 1. The molecule has 0 aliphatic rings. The molecule has 16 heavy (non-hydrogen) atoms. The molecule has 0 rings (SSSR count). The first-order chi connectivity index (χ1) is 7.10. The molecule has 0 atom stereocenters. The van der Waals surface area contributed by atoms with Crippen molar-refractivity contribution in [1.29, 1.82) is 0 Å². The Morgan fingerprint density at radius 3 is 2.06 bits per heavy atom. The standard InChI is InChI=1S/C9H16F2N2O3/c1-9(2,7(14)15)13(4)8(16)12(3)5-6(10)11/h6H,5H2,1-4H3,(H,14,15). The van der Waals surface area contributed by atoms with E-state index in [4.69, 9.17) is 5.11 Å². The maximum atomic E-state index is 12.0. The quantitative estimate of drug-likeness (QED) is 0.797. The van der Waals surface area contributed by atoms with Crippen LogP contribution in [0.15, 0.2) is 0 Å². The van der Waals surface area contributed by atoms with Gasteiger partial charge in [0.15, 0.2) is 0 Å². The number of amides is 2. The predicted octanol–water partition coefficient (Wildman–Crippen LogP) is 1.10. The van der Waals surface area contributed by atoms with Crippen LogP contribution in [-0.4, -0.2) is 59.5 Å². The molecule has 0 bridgehead atoms. The number of nitrogens with zero attached hydrogens (tertiary/aromatic N) is 2. The summed E-state index contributed by atoms with van der Waals surface area (Å²) in [6.45, 7) is 1.92. The van der Waals surface area contributed by atoms with E-state index < -0.39 is 30.5 Å². The second kappa shape index (κ2) is 5.09. The lowest BCUT2D eigenvalue weighted by Gasteiger charge is -2.34. The first kappa shape index (κ1) is 14.6. The number of rotatable bonds is 4. The number of carbonyl (C=O) groups excluding carboxylic acids is 1. The summed E-state index contributed by atoms with van der Waals surface area (Å²) < 4.78 is 24.1. The van der Waals surface area contributed by atoms with Gasteiger partial charge < -0.3 is 14.9 Å². The molecule has 2 amide bonds. The van der Waals surface area contributed by atoms with Gasteiger partial charge in [-0.15, -0.1) is 0 Å². The summed E-state index contributed by atoms with van der Waals surface area (Å²) in [5.41, 5.74) is -1.44. The SMILES string of the molecule is CN(CC(F)F)C(=O)N(C)C(C)(C)C(=O)O. The van der Waals surface area contributed by atoms with Gasteiger partial charge in [-0.1, -0.05) is 0 Å². The Labute approximate surface area is 92.6 Å². The lowest BCUT2D eigenvalue weighted by molar-refractivity contribution is -0.147. The van der Waals surface area contributed by atoms with Gasteiger partial charge >= 0.3 is 12.0 Å². The van der Waals surface area contributed by atoms with E-state index in [0.29, 0.717) is 0 Å². The van der Waals surface area contributed by atoms with E-state index in [1.54, 1.807) is 0 Å². The van der Waals surface area contributed by atoms with Crippen molar-refractivity contribution in [3.05, 3.63) is 0 Å². The third-order valence-electron chi connectivity index (χ3n) is 2.39. The van der Waals surface area contributed by atoms with Gasteiger partial charge in [0.05, 0.1) is 6.54 Å². The van der Waals surface area contributed by atoms with E-state index in [0.717, 1.165) is 9.80 Å². The van der Waals surface area contributed by atoms with Crippen LogP contribution >= 0.6 is 0 Å². The molecule has 1 N–H and O–H groups in total. The summed E-state index contributed by atoms with van der Waals surface area (Å²) in [6.07, 6.45) is -2.64. The number of halogens is 2. The topological polar surface area (TPSA) is 60.9 Å². The first-order valence-electron chi connectivity index (χ1n) is 4.61. The molecule has 5 nitrogen and oxygen atoms in total. The van der Waals surface area contributed by atoms with Gasteiger partial charge in [-0.3, -0.25) is 0 Å². The average Bonchev–Trinajstić information content (AvgIpc) is 2.13. The van der Waals surface area contributed by atoms with Crippen molar-refractivity contribution in [2.75, 3.05) is 20.6 Å². The Morgan fingerprint density at radius 1 is 1.31 bits per heavy atom. The molecular formula is C9H16F2N2O3. The number of hydrogen-bond donors (Lipinski definition) is 1.